The molecule has 0 fully saturated rings. The summed E-state index contributed by atoms with van der Waals surface area (Å²) >= 11 is 10.0. The van der Waals surface area contributed by atoms with Crippen molar-refractivity contribution in [1.29, 1.82) is 0 Å². The van der Waals surface area contributed by atoms with E-state index in [9.17, 15) is 4.79 Å². The number of anilines is 1. The molecule has 0 aliphatic rings. The lowest BCUT2D eigenvalue weighted by Gasteiger charge is -2.23. The molecule has 2 aromatic carbocycles. The summed E-state index contributed by atoms with van der Waals surface area (Å²) in [4.78, 5) is 14.0. The molecule has 0 saturated heterocycles. The van der Waals surface area contributed by atoms with Gasteiger partial charge in [0, 0.05) is 17.1 Å². The van der Waals surface area contributed by atoms with Crippen LogP contribution in [-0.4, -0.2) is 11.7 Å². The van der Waals surface area contributed by atoms with E-state index in [1.54, 1.807) is 4.90 Å². The van der Waals surface area contributed by atoms with E-state index >= 15 is 0 Å². The fourth-order valence-electron chi connectivity index (χ4n) is 1.93. The van der Waals surface area contributed by atoms with Crippen LogP contribution < -0.4 is 4.90 Å². The Bertz CT molecular complexity index is 556. The first-order valence-electron chi connectivity index (χ1n) is 6.41. The van der Waals surface area contributed by atoms with Gasteiger partial charge in [-0.15, -0.1) is 0 Å². The molecular formula is C16H16ClNOS. The predicted molar refractivity (Wildman–Crippen MR) is 87.6 cm³/mol. The molecule has 0 aromatic heterocycles. The Morgan fingerprint density at radius 3 is 2.30 bits per heavy atom. The molecular weight excluding hydrogens is 290 g/mol. The van der Waals surface area contributed by atoms with Gasteiger partial charge in [0.05, 0.1) is 6.54 Å². The molecule has 2 aromatic rings. The molecule has 2 rings (SSSR count). The summed E-state index contributed by atoms with van der Waals surface area (Å²) in [5.74, 6) is 0.615. The summed E-state index contributed by atoms with van der Waals surface area (Å²) in [6, 6.07) is 17.2. The summed E-state index contributed by atoms with van der Waals surface area (Å²) in [6.07, 6.45) is 0.422. The first-order chi connectivity index (χ1) is 9.70. The second kappa shape index (κ2) is 7.36. The number of hydrogen-bond donors (Lipinski definition) is 1. The smallest absolute Gasteiger partial charge is 0.228 e. The van der Waals surface area contributed by atoms with Gasteiger partial charge in [-0.3, -0.25) is 4.79 Å². The van der Waals surface area contributed by atoms with Crippen LogP contribution >= 0.6 is 24.2 Å². The summed E-state index contributed by atoms with van der Waals surface area (Å²) < 4.78 is 0. The summed E-state index contributed by atoms with van der Waals surface area (Å²) in [5, 5.41) is 0.696. The average molecular weight is 306 g/mol. The molecule has 0 aliphatic carbocycles. The maximum atomic E-state index is 12.3. The quantitative estimate of drug-likeness (QED) is 0.821. The maximum Gasteiger partial charge on any atom is 0.228 e. The number of carbonyl (C=O) groups is 1. The highest BCUT2D eigenvalue weighted by molar-refractivity contribution is 7.80. The SMILES string of the molecule is O=C(CCS)N(Cc1ccc(Cl)cc1)c1ccccc1. The highest BCUT2D eigenvalue weighted by atomic mass is 35.5. The van der Waals surface area contributed by atoms with Gasteiger partial charge >= 0.3 is 0 Å². The van der Waals surface area contributed by atoms with E-state index in [0.717, 1.165) is 11.3 Å². The molecule has 104 valence electrons. The Labute approximate surface area is 129 Å². The third kappa shape index (κ3) is 4.02. The maximum absolute atomic E-state index is 12.3. The Morgan fingerprint density at radius 2 is 1.70 bits per heavy atom. The second-order valence-corrected chi connectivity index (χ2v) is 5.30. The average Bonchev–Trinajstić information content (AvgIpc) is 2.48. The van der Waals surface area contributed by atoms with E-state index in [1.807, 2.05) is 54.6 Å². The van der Waals surface area contributed by atoms with Gasteiger partial charge in [-0.1, -0.05) is 41.9 Å². The van der Waals surface area contributed by atoms with E-state index in [2.05, 4.69) is 12.6 Å². The molecule has 1 amide bonds. The minimum atomic E-state index is 0.0705. The van der Waals surface area contributed by atoms with Gasteiger partial charge in [0.15, 0.2) is 0 Å². The minimum absolute atomic E-state index is 0.0705. The van der Waals surface area contributed by atoms with Crippen molar-refractivity contribution in [3.05, 3.63) is 65.2 Å². The van der Waals surface area contributed by atoms with Gasteiger partial charge in [0.1, 0.15) is 0 Å². The second-order valence-electron chi connectivity index (χ2n) is 4.42. The molecule has 0 bridgehead atoms. The van der Waals surface area contributed by atoms with Crippen LogP contribution in [0.1, 0.15) is 12.0 Å². The fourth-order valence-corrected chi connectivity index (χ4v) is 2.25. The number of carbonyl (C=O) groups excluding carboxylic acids is 1. The van der Waals surface area contributed by atoms with Crippen molar-refractivity contribution in [2.75, 3.05) is 10.7 Å². The molecule has 0 radical (unpaired) electrons. The molecule has 4 heteroatoms. The molecule has 20 heavy (non-hydrogen) atoms. The summed E-state index contributed by atoms with van der Waals surface area (Å²) in [6.45, 7) is 0.536. The highest BCUT2D eigenvalue weighted by Gasteiger charge is 2.15. The number of nitrogens with zero attached hydrogens (tertiary/aromatic N) is 1. The summed E-state index contributed by atoms with van der Waals surface area (Å²) in [5.41, 5.74) is 1.94. The van der Waals surface area contributed by atoms with E-state index in [-0.39, 0.29) is 5.91 Å². The van der Waals surface area contributed by atoms with Crippen LogP contribution in [0.3, 0.4) is 0 Å². The first-order valence-corrected chi connectivity index (χ1v) is 7.42. The fraction of sp³-hybridized carbons (Fsp3) is 0.188. The Morgan fingerprint density at radius 1 is 1.05 bits per heavy atom. The van der Waals surface area contributed by atoms with E-state index < -0.39 is 0 Å². The van der Waals surface area contributed by atoms with Crippen LogP contribution in [0.2, 0.25) is 5.02 Å². The van der Waals surface area contributed by atoms with Crippen molar-refractivity contribution in [3.8, 4) is 0 Å². The van der Waals surface area contributed by atoms with Crippen molar-refractivity contribution in [3.63, 3.8) is 0 Å². The van der Waals surface area contributed by atoms with E-state index in [1.165, 1.54) is 0 Å². The van der Waals surface area contributed by atoms with Crippen molar-refractivity contribution < 1.29 is 4.79 Å². The lowest BCUT2D eigenvalue weighted by atomic mass is 10.2. The van der Waals surface area contributed by atoms with Crippen molar-refractivity contribution >= 4 is 35.8 Å². The molecule has 0 N–H and O–H groups in total. The normalized spacial score (nSPS) is 10.3. The predicted octanol–water partition coefficient (Wildman–Crippen LogP) is 4.19. The Balaban J connectivity index is 2.23. The Hall–Kier alpha value is -1.45. The van der Waals surface area contributed by atoms with Crippen molar-refractivity contribution in [1.82, 2.24) is 0 Å². The largest absolute Gasteiger partial charge is 0.308 e. The zero-order valence-corrected chi connectivity index (χ0v) is 12.6. The number of thiol groups is 1. The number of hydrogen-bond acceptors (Lipinski definition) is 2. The van der Waals surface area contributed by atoms with E-state index in [4.69, 9.17) is 11.6 Å². The van der Waals surface area contributed by atoms with Gasteiger partial charge in [0.25, 0.3) is 0 Å². The topological polar surface area (TPSA) is 20.3 Å². The van der Waals surface area contributed by atoms with Crippen LogP contribution in [0.25, 0.3) is 0 Å². The standard InChI is InChI=1S/C16H16ClNOS/c17-14-8-6-13(7-9-14)12-18(16(19)10-11-20)15-4-2-1-3-5-15/h1-9,20H,10-12H2. The summed E-state index contributed by atoms with van der Waals surface area (Å²) in [7, 11) is 0. The highest BCUT2D eigenvalue weighted by Crippen LogP contribution is 2.19. The number of para-hydroxylation sites is 1. The lowest BCUT2D eigenvalue weighted by molar-refractivity contribution is -0.118. The number of rotatable bonds is 5. The zero-order chi connectivity index (χ0) is 14.4. The van der Waals surface area contributed by atoms with E-state index in [0.29, 0.717) is 23.7 Å². The van der Waals surface area contributed by atoms with Crippen LogP contribution in [0.15, 0.2) is 54.6 Å². The number of benzene rings is 2. The monoisotopic (exact) mass is 305 g/mol. The molecule has 2 nitrogen and oxygen atoms in total. The zero-order valence-electron chi connectivity index (χ0n) is 11.0. The number of amides is 1. The van der Waals surface area contributed by atoms with Gasteiger partial charge in [-0.2, -0.15) is 12.6 Å². The third-order valence-corrected chi connectivity index (χ3v) is 3.42. The van der Waals surface area contributed by atoms with Gasteiger partial charge in [-0.05, 0) is 35.6 Å². The molecule has 0 aliphatic heterocycles. The minimum Gasteiger partial charge on any atom is -0.308 e. The van der Waals surface area contributed by atoms with Crippen LogP contribution in [-0.2, 0) is 11.3 Å². The first kappa shape index (κ1) is 14.9. The van der Waals surface area contributed by atoms with Crippen molar-refractivity contribution in [2.24, 2.45) is 0 Å². The lowest BCUT2D eigenvalue weighted by Crippen LogP contribution is -2.30. The van der Waals surface area contributed by atoms with Crippen molar-refractivity contribution in [2.45, 2.75) is 13.0 Å². The molecule has 0 saturated carbocycles. The van der Waals surface area contributed by atoms with Gasteiger partial charge < -0.3 is 4.90 Å². The molecule has 0 unspecified atom stereocenters. The molecule has 0 atom stereocenters. The third-order valence-electron chi connectivity index (χ3n) is 2.95. The Kier molecular flexibility index (Phi) is 5.50. The van der Waals surface area contributed by atoms with Crippen LogP contribution in [0.4, 0.5) is 5.69 Å². The van der Waals surface area contributed by atoms with Crippen LogP contribution in [0, 0.1) is 0 Å². The molecule has 0 heterocycles. The van der Waals surface area contributed by atoms with Gasteiger partial charge in [0.2, 0.25) is 5.91 Å². The van der Waals surface area contributed by atoms with Crippen LogP contribution in [0.5, 0.6) is 0 Å². The van der Waals surface area contributed by atoms with Gasteiger partial charge in [-0.25, -0.2) is 0 Å². The molecule has 0 spiro atoms. The number of halogens is 1.